The van der Waals surface area contributed by atoms with Gasteiger partial charge in [-0.1, -0.05) is 13.0 Å². The third kappa shape index (κ3) is 1.76. The second-order valence-corrected chi connectivity index (χ2v) is 4.76. The van der Waals surface area contributed by atoms with E-state index >= 15 is 0 Å². The summed E-state index contributed by atoms with van der Waals surface area (Å²) in [6, 6.07) is 4.99. The molecule has 6 heteroatoms. The fourth-order valence-electron chi connectivity index (χ4n) is 2.39. The molecule has 5 nitrogen and oxygen atoms in total. The Balaban J connectivity index is 2.32. The zero-order chi connectivity index (χ0) is 14.3. The zero-order valence-corrected chi connectivity index (χ0v) is 11.5. The Morgan fingerprint density at radius 2 is 2.15 bits per heavy atom. The number of anilines is 1. The summed E-state index contributed by atoms with van der Waals surface area (Å²) < 4.78 is 17.5. The highest BCUT2D eigenvalue weighted by Gasteiger charge is 2.18. The van der Waals surface area contributed by atoms with Gasteiger partial charge in [-0.2, -0.15) is 5.10 Å². The van der Waals surface area contributed by atoms with Crippen LogP contribution in [0.25, 0.3) is 22.4 Å². The highest BCUT2D eigenvalue weighted by Crippen LogP contribution is 2.29. The van der Waals surface area contributed by atoms with Crippen LogP contribution in [0.2, 0.25) is 0 Å². The van der Waals surface area contributed by atoms with E-state index < -0.39 is 0 Å². The number of nitrogens with two attached hydrogens (primary N) is 1. The Hall–Kier alpha value is -2.37. The van der Waals surface area contributed by atoms with Gasteiger partial charge in [-0.3, -0.25) is 4.68 Å². The first-order valence-electron chi connectivity index (χ1n) is 6.56. The van der Waals surface area contributed by atoms with Crippen LogP contribution in [0.4, 0.5) is 10.2 Å². The van der Waals surface area contributed by atoms with E-state index in [1.165, 1.54) is 6.07 Å². The van der Waals surface area contributed by atoms with Crippen molar-refractivity contribution in [1.29, 1.82) is 0 Å². The van der Waals surface area contributed by atoms with E-state index in [1.807, 2.05) is 10.6 Å². The number of halogens is 1. The van der Waals surface area contributed by atoms with Crippen molar-refractivity contribution in [3.05, 3.63) is 30.2 Å². The Labute approximate surface area is 115 Å². The number of hydrogen-bond donors (Lipinski definition) is 1. The standard InChI is InChI=1S/C14H16FN5/c1-3-7-20-11-6-4-5-10(15)12(11)18-14(20)9-8-17-19(2)13(9)16/h4-6,8H,3,7,16H2,1-2H3. The van der Waals surface area contributed by atoms with Crippen molar-refractivity contribution in [1.82, 2.24) is 19.3 Å². The average Bonchev–Trinajstić information content (AvgIpc) is 2.94. The van der Waals surface area contributed by atoms with Gasteiger partial charge in [0.25, 0.3) is 0 Å². The molecule has 3 rings (SSSR count). The number of imidazole rings is 1. The van der Waals surface area contributed by atoms with Crippen LogP contribution in [0.1, 0.15) is 13.3 Å². The number of nitrogens with zero attached hydrogens (tertiary/aromatic N) is 4. The number of aromatic nitrogens is 4. The van der Waals surface area contributed by atoms with E-state index in [0.717, 1.165) is 24.0 Å². The van der Waals surface area contributed by atoms with Crippen LogP contribution in [0.5, 0.6) is 0 Å². The van der Waals surface area contributed by atoms with Crippen LogP contribution in [0.3, 0.4) is 0 Å². The van der Waals surface area contributed by atoms with Crippen molar-refractivity contribution >= 4 is 16.9 Å². The number of aryl methyl sites for hydroxylation is 2. The van der Waals surface area contributed by atoms with Gasteiger partial charge in [-0.25, -0.2) is 9.37 Å². The molecule has 0 saturated carbocycles. The van der Waals surface area contributed by atoms with Crippen LogP contribution in [0, 0.1) is 5.82 Å². The van der Waals surface area contributed by atoms with Crippen LogP contribution in [-0.2, 0) is 13.6 Å². The fraction of sp³-hybridized carbons (Fsp3) is 0.286. The third-order valence-corrected chi connectivity index (χ3v) is 3.40. The van der Waals surface area contributed by atoms with Crippen molar-refractivity contribution in [3.63, 3.8) is 0 Å². The van der Waals surface area contributed by atoms with E-state index in [-0.39, 0.29) is 5.82 Å². The molecule has 0 fully saturated rings. The average molecular weight is 273 g/mol. The van der Waals surface area contributed by atoms with Crippen molar-refractivity contribution < 1.29 is 4.39 Å². The van der Waals surface area contributed by atoms with Crippen LogP contribution in [-0.4, -0.2) is 19.3 Å². The summed E-state index contributed by atoms with van der Waals surface area (Å²) in [6.07, 6.45) is 2.59. The minimum Gasteiger partial charge on any atom is -0.383 e. The van der Waals surface area contributed by atoms with Crippen LogP contribution in [0.15, 0.2) is 24.4 Å². The highest BCUT2D eigenvalue weighted by atomic mass is 19.1. The number of hydrogen-bond acceptors (Lipinski definition) is 3. The number of fused-ring (bicyclic) bond motifs is 1. The van der Waals surface area contributed by atoms with E-state index in [0.29, 0.717) is 17.2 Å². The van der Waals surface area contributed by atoms with Crippen molar-refractivity contribution in [2.45, 2.75) is 19.9 Å². The van der Waals surface area contributed by atoms with Gasteiger partial charge in [0, 0.05) is 13.6 Å². The molecule has 0 unspecified atom stereocenters. The SMILES string of the molecule is CCCn1c(-c2cnn(C)c2N)nc2c(F)cccc21. The Morgan fingerprint density at radius 3 is 2.80 bits per heavy atom. The van der Waals surface area contributed by atoms with Gasteiger partial charge in [-0.15, -0.1) is 0 Å². The van der Waals surface area contributed by atoms with Crippen molar-refractivity contribution in [3.8, 4) is 11.4 Å². The zero-order valence-electron chi connectivity index (χ0n) is 11.5. The lowest BCUT2D eigenvalue weighted by atomic mass is 10.3. The highest BCUT2D eigenvalue weighted by molar-refractivity contribution is 5.83. The molecule has 0 spiro atoms. The first-order valence-corrected chi connectivity index (χ1v) is 6.56. The molecule has 2 aromatic heterocycles. The Bertz CT molecular complexity index is 771. The third-order valence-electron chi connectivity index (χ3n) is 3.40. The molecule has 20 heavy (non-hydrogen) atoms. The molecule has 0 radical (unpaired) electrons. The smallest absolute Gasteiger partial charge is 0.151 e. The molecular formula is C14H16FN5. The molecule has 2 N–H and O–H groups in total. The van der Waals surface area contributed by atoms with Gasteiger partial charge in [0.15, 0.2) is 5.82 Å². The fourth-order valence-corrected chi connectivity index (χ4v) is 2.39. The maximum atomic E-state index is 13.9. The quantitative estimate of drug-likeness (QED) is 0.797. The summed E-state index contributed by atoms with van der Waals surface area (Å²) in [5.41, 5.74) is 7.90. The van der Waals surface area contributed by atoms with Crippen molar-refractivity contribution in [2.75, 3.05) is 5.73 Å². The monoisotopic (exact) mass is 273 g/mol. The largest absolute Gasteiger partial charge is 0.383 e. The molecule has 0 atom stereocenters. The molecule has 0 aliphatic heterocycles. The number of para-hydroxylation sites is 1. The Kier molecular flexibility index (Phi) is 2.93. The molecule has 104 valence electrons. The van der Waals surface area contributed by atoms with E-state index in [9.17, 15) is 4.39 Å². The molecule has 2 heterocycles. The summed E-state index contributed by atoms with van der Waals surface area (Å²) in [4.78, 5) is 4.43. The molecular weight excluding hydrogens is 257 g/mol. The van der Waals surface area contributed by atoms with Gasteiger partial charge in [-0.05, 0) is 18.6 Å². The molecule has 1 aromatic carbocycles. The normalized spacial score (nSPS) is 11.3. The molecule has 0 saturated heterocycles. The maximum Gasteiger partial charge on any atom is 0.151 e. The minimum atomic E-state index is -0.318. The lowest BCUT2D eigenvalue weighted by Gasteiger charge is -2.07. The second-order valence-electron chi connectivity index (χ2n) is 4.76. The van der Waals surface area contributed by atoms with Gasteiger partial charge >= 0.3 is 0 Å². The Morgan fingerprint density at radius 1 is 1.35 bits per heavy atom. The van der Waals surface area contributed by atoms with Gasteiger partial charge in [0.2, 0.25) is 0 Å². The van der Waals surface area contributed by atoms with Crippen LogP contribution >= 0.6 is 0 Å². The summed E-state index contributed by atoms with van der Waals surface area (Å²) in [6.45, 7) is 2.82. The van der Waals surface area contributed by atoms with Gasteiger partial charge in [0.05, 0.1) is 17.3 Å². The molecule has 0 aliphatic rings. The summed E-state index contributed by atoms with van der Waals surface area (Å²) in [5.74, 6) is 0.872. The summed E-state index contributed by atoms with van der Waals surface area (Å²) in [5, 5.41) is 4.13. The topological polar surface area (TPSA) is 61.7 Å². The molecule has 0 bridgehead atoms. The predicted molar refractivity (Wildman–Crippen MR) is 76.6 cm³/mol. The summed E-state index contributed by atoms with van der Waals surface area (Å²) >= 11 is 0. The van der Waals surface area contributed by atoms with Crippen molar-refractivity contribution in [2.24, 2.45) is 7.05 Å². The molecule has 0 aliphatic carbocycles. The van der Waals surface area contributed by atoms with E-state index in [1.54, 1.807) is 24.0 Å². The lowest BCUT2D eigenvalue weighted by molar-refractivity contribution is 0.637. The van der Waals surface area contributed by atoms with E-state index in [4.69, 9.17) is 5.73 Å². The predicted octanol–water partition coefficient (Wildman–Crippen LogP) is 2.57. The van der Waals surface area contributed by atoms with Gasteiger partial charge < -0.3 is 10.3 Å². The first kappa shape index (κ1) is 12.7. The van der Waals surface area contributed by atoms with Gasteiger partial charge in [0.1, 0.15) is 17.2 Å². The van der Waals surface area contributed by atoms with E-state index in [2.05, 4.69) is 17.0 Å². The summed E-state index contributed by atoms with van der Waals surface area (Å²) in [7, 11) is 1.77. The number of benzene rings is 1. The number of nitrogen functional groups attached to an aromatic ring is 1. The first-order chi connectivity index (χ1) is 9.63. The molecule has 0 amide bonds. The van der Waals surface area contributed by atoms with Crippen LogP contribution < -0.4 is 5.73 Å². The number of rotatable bonds is 3. The second kappa shape index (κ2) is 4.63. The molecule has 3 aromatic rings. The minimum absolute atomic E-state index is 0.318. The lowest BCUT2D eigenvalue weighted by Crippen LogP contribution is -2.02. The maximum absolute atomic E-state index is 13.9.